The molecule has 12 heteroatoms. The van der Waals surface area contributed by atoms with Crippen LogP contribution < -0.4 is 22.1 Å². The normalized spacial score (nSPS) is 18.4. The van der Waals surface area contributed by atoms with Crippen LogP contribution in [0.4, 0.5) is 11.4 Å². The molecule has 0 unspecified atom stereocenters. The molecule has 2 fully saturated rings. The first kappa shape index (κ1) is 42.6. The zero-order valence-corrected chi connectivity index (χ0v) is 35.0. The molecule has 0 bridgehead atoms. The monoisotopic (exact) mass is 836 g/mol. The van der Waals surface area contributed by atoms with Crippen molar-refractivity contribution in [2.45, 2.75) is 89.1 Å². The number of aliphatic hydroxyl groups excluding tert-OH is 1. The van der Waals surface area contributed by atoms with Crippen molar-refractivity contribution >= 4 is 34.2 Å². The molecular formula is C50H56N6O6. The number of nitrogens with one attached hydrogen (secondary N) is 3. The number of amides is 2. The third kappa shape index (κ3) is 10.7. The highest BCUT2D eigenvalue weighted by Crippen LogP contribution is 2.39. The first-order chi connectivity index (χ1) is 30.3. The summed E-state index contributed by atoms with van der Waals surface area (Å²) in [6, 6.07) is 39.7. The standard InChI is InChI=1S/C50H56N6O6/c51-42-11-4-5-12-43(42)53-48(59)16-3-1-2-15-47(58)52-31-35-9-8-10-39(29-35)36-21-23-38(24-22-36)49-61-41(30-46(62-49)37-19-17-34(33-57)18-20-37)32-55-27-25-40(26-28-55)56-45-14-7-6-13-44(45)54-50(56)60/h4-14,17-24,29,40-41,46,49,57H,1-3,15-16,25-28,30-33,51H2,(H,52,58)(H,53,59)(H,54,60)/t41-,46+,49+/m1/s1. The molecule has 6 N–H and O–H groups in total. The summed E-state index contributed by atoms with van der Waals surface area (Å²) in [6.07, 6.45) is 4.59. The molecule has 322 valence electrons. The van der Waals surface area contributed by atoms with Crippen LogP contribution in [-0.4, -0.2) is 57.1 Å². The molecular weight excluding hydrogens is 781 g/mol. The summed E-state index contributed by atoms with van der Waals surface area (Å²) in [6.45, 7) is 2.90. The quantitative estimate of drug-likeness (QED) is 0.0482. The lowest BCUT2D eigenvalue weighted by atomic mass is 9.98. The van der Waals surface area contributed by atoms with Crippen molar-refractivity contribution in [2.24, 2.45) is 0 Å². The number of fused-ring (bicyclic) bond motifs is 1. The van der Waals surface area contributed by atoms with Crippen LogP contribution in [0.15, 0.2) is 126 Å². The van der Waals surface area contributed by atoms with Crippen molar-refractivity contribution in [3.8, 4) is 11.1 Å². The Morgan fingerprint density at radius 1 is 0.758 bits per heavy atom. The predicted octanol–water partition coefficient (Wildman–Crippen LogP) is 8.16. The van der Waals surface area contributed by atoms with Gasteiger partial charge in [0.1, 0.15) is 0 Å². The van der Waals surface area contributed by atoms with Gasteiger partial charge in [-0.2, -0.15) is 0 Å². The second-order valence-electron chi connectivity index (χ2n) is 16.5. The van der Waals surface area contributed by atoms with E-state index < -0.39 is 6.29 Å². The van der Waals surface area contributed by atoms with Gasteiger partial charge in [0.05, 0.1) is 41.2 Å². The van der Waals surface area contributed by atoms with Crippen LogP contribution in [0.2, 0.25) is 0 Å². The fourth-order valence-corrected chi connectivity index (χ4v) is 8.67. The Morgan fingerprint density at radius 2 is 1.48 bits per heavy atom. The number of carbonyl (C=O) groups is 2. The molecule has 2 aliphatic heterocycles. The van der Waals surface area contributed by atoms with E-state index in [1.165, 1.54) is 0 Å². The van der Waals surface area contributed by atoms with E-state index in [1.807, 2.05) is 77.4 Å². The third-order valence-electron chi connectivity index (χ3n) is 12.1. The fraction of sp³-hybridized carbons (Fsp3) is 0.340. The van der Waals surface area contributed by atoms with Crippen molar-refractivity contribution in [3.05, 3.63) is 154 Å². The zero-order chi connectivity index (χ0) is 42.8. The summed E-state index contributed by atoms with van der Waals surface area (Å²) in [5, 5.41) is 15.5. The average Bonchev–Trinajstić information content (AvgIpc) is 3.64. The van der Waals surface area contributed by atoms with Crippen LogP contribution >= 0.6 is 0 Å². The zero-order valence-electron chi connectivity index (χ0n) is 35.0. The van der Waals surface area contributed by atoms with E-state index >= 15 is 0 Å². The van der Waals surface area contributed by atoms with Gasteiger partial charge in [0.15, 0.2) is 6.29 Å². The highest BCUT2D eigenvalue weighted by Gasteiger charge is 2.34. The summed E-state index contributed by atoms with van der Waals surface area (Å²) in [7, 11) is 0. The predicted molar refractivity (Wildman–Crippen MR) is 242 cm³/mol. The Balaban J connectivity index is 0.845. The Kier molecular flexibility index (Phi) is 13.9. The molecule has 2 saturated heterocycles. The molecule has 1 aromatic heterocycles. The minimum absolute atomic E-state index is 0.0123. The van der Waals surface area contributed by atoms with Crippen molar-refractivity contribution in [2.75, 3.05) is 30.7 Å². The SMILES string of the molecule is Nc1ccccc1NC(=O)CCCCCC(=O)NCc1cccc(-c2ccc([C@H]3O[C@@H](CN4CCC(n5c(=O)[nH]c6ccccc65)CC4)C[C@@H](c4ccc(CO)cc4)O3)cc2)c1. The molecule has 0 aliphatic carbocycles. The first-order valence-electron chi connectivity index (χ1n) is 21.8. The Bertz CT molecular complexity index is 2490. The molecule has 2 aliphatic rings. The van der Waals surface area contributed by atoms with E-state index in [4.69, 9.17) is 15.2 Å². The number of anilines is 2. The molecule has 0 spiro atoms. The van der Waals surface area contributed by atoms with Gasteiger partial charge in [0, 0.05) is 57.0 Å². The summed E-state index contributed by atoms with van der Waals surface area (Å²) in [4.78, 5) is 43.3. The van der Waals surface area contributed by atoms with Crippen molar-refractivity contribution in [1.29, 1.82) is 0 Å². The molecule has 6 aromatic rings. The number of rotatable bonds is 16. The van der Waals surface area contributed by atoms with E-state index in [0.717, 1.165) is 83.3 Å². The number of ether oxygens (including phenoxy) is 2. The van der Waals surface area contributed by atoms with Crippen molar-refractivity contribution in [3.63, 3.8) is 0 Å². The summed E-state index contributed by atoms with van der Waals surface area (Å²) in [5.41, 5.74) is 14.8. The second kappa shape index (κ2) is 20.2. The van der Waals surface area contributed by atoms with Crippen LogP contribution in [0.3, 0.4) is 0 Å². The minimum Gasteiger partial charge on any atom is -0.397 e. The number of likely N-dealkylation sites (tertiary alicyclic amines) is 1. The van der Waals surface area contributed by atoms with E-state index in [2.05, 4.69) is 56.9 Å². The maximum Gasteiger partial charge on any atom is 0.326 e. The van der Waals surface area contributed by atoms with Crippen LogP contribution in [0, 0.1) is 0 Å². The number of piperidine rings is 1. The molecule has 62 heavy (non-hydrogen) atoms. The van der Waals surface area contributed by atoms with E-state index in [-0.39, 0.29) is 42.4 Å². The highest BCUT2D eigenvalue weighted by molar-refractivity contribution is 5.93. The molecule has 3 atom stereocenters. The molecule has 0 radical (unpaired) electrons. The fourth-order valence-electron chi connectivity index (χ4n) is 8.67. The summed E-state index contributed by atoms with van der Waals surface area (Å²) < 4.78 is 15.3. The maximum atomic E-state index is 12.9. The lowest BCUT2D eigenvalue weighted by molar-refractivity contribution is -0.253. The van der Waals surface area contributed by atoms with Gasteiger partial charge in [0.2, 0.25) is 11.8 Å². The van der Waals surface area contributed by atoms with Crippen molar-refractivity contribution in [1.82, 2.24) is 19.8 Å². The van der Waals surface area contributed by atoms with Crippen LogP contribution in [0.25, 0.3) is 22.2 Å². The van der Waals surface area contributed by atoms with Crippen LogP contribution in [0.5, 0.6) is 0 Å². The Morgan fingerprint density at radius 3 is 2.26 bits per heavy atom. The topological polar surface area (TPSA) is 164 Å². The largest absolute Gasteiger partial charge is 0.397 e. The molecule has 12 nitrogen and oxygen atoms in total. The lowest BCUT2D eigenvalue weighted by Gasteiger charge is -2.40. The number of aliphatic hydroxyl groups is 1. The number of hydrogen-bond donors (Lipinski definition) is 5. The van der Waals surface area contributed by atoms with E-state index in [9.17, 15) is 19.5 Å². The third-order valence-corrected chi connectivity index (χ3v) is 12.1. The number of imidazole rings is 1. The molecule has 2 amide bonds. The number of nitrogens with two attached hydrogens (primary N) is 1. The number of benzene rings is 5. The number of H-pyrrole nitrogens is 1. The second-order valence-corrected chi connectivity index (χ2v) is 16.5. The number of aromatic nitrogens is 2. The molecule has 3 heterocycles. The summed E-state index contributed by atoms with van der Waals surface area (Å²) in [5.74, 6) is -0.0928. The lowest BCUT2D eigenvalue weighted by Crippen LogP contribution is -2.43. The van der Waals surface area contributed by atoms with Gasteiger partial charge in [-0.1, -0.05) is 97.4 Å². The summed E-state index contributed by atoms with van der Waals surface area (Å²) >= 11 is 0. The van der Waals surface area contributed by atoms with Gasteiger partial charge in [-0.05, 0) is 83.8 Å². The smallest absolute Gasteiger partial charge is 0.326 e. The number of hydrogen-bond acceptors (Lipinski definition) is 8. The highest BCUT2D eigenvalue weighted by atomic mass is 16.7. The molecule has 0 saturated carbocycles. The number of nitrogens with zero attached hydrogens (tertiary/aromatic N) is 2. The molecule has 8 rings (SSSR count). The minimum atomic E-state index is -0.569. The van der Waals surface area contributed by atoms with Gasteiger partial charge >= 0.3 is 5.69 Å². The Hall–Kier alpha value is -6.05. The number of unbranched alkanes of at least 4 members (excludes halogenated alkanes) is 2. The van der Waals surface area contributed by atoms with E-state index in [0.29, 0.717) is 50.0 Å². The number of nitrogen functional groups attached to an aromatic ring is 1. The maximum absolute atomic E-state index is 12.9. The van der Waals surface area contributed by atoms with Gasteiger partial charge in [-0.25, -0.2) is 4.79 Å². The van der Waals surface area contributed by atoms with Gasteiger partial charge in [-0.3, -0.25) is 14.2 Å². The van der Waals surface area contributed by atoms with Crippen LogP contribution in [0.1, 0.15) is 92.1 Å². The average molecular weight is 837 g/mol. The number of carbonyl (C=O) groups excluding carboxylic acids is 2. The number of para-hydroxylation sites is 4. The Labute approximate surface area is 362 Å². The van der Waals surface area contributed by atoms with Gasteiger partial charge in [0.25, 0.3) is 0 Å². The van der Waals surface area contributed by atoms with Crippen LogP contribution in [-0.2, 0) is 32.2 Å². The molecule has 5 aromatic carbocycles. The first-order valence-corrected chi connectivity index (χ1v) is 21.8. The van der Waals surface area contributed by atoms with E-state index in [1.54, 1.807) is 12.1 Å². The number of aromatic amines is 1. The van der Waals surface area contributed by atoms with Crippen molar-refractivity contribution < 1.29 is 24.2 Å². The van der Waals surface area contributed by atoms with Gasteiger partial charge < -0.3 is 40.8 Å². The van der Waals surface area contributed by atoms with Gasteiger partial charge in [-0.15, -0.1) is 0 Å².